The Labute approximate surface area is 193 Å². The first-order valence-electron chi connectivity index (χ1n) is 11.2. The number of rotatable bonds is 6. The Morgan fingerprint density at radius 2 is 2.00 bits per heavy atom. The summed E-state index contributed by atoms with van der Waals surface area (Å²) >= 11 is 0. The van der Waals surface area contributed by atoms with Gasteiger partial charge in [0.2, 0.25) is 0 Å². The monoisotopic (exact) mass is 454 g/mol. The largest absolute Gasteiger partial charge is 0.489 e. The number of pyridine rings is 1. The van der Waals surface area contributed by atoms with E-state index in [2.05, 4.69) is 27.8 Å². The van der Waals surface area contributed by atoms with E-state index in [0.717, 1.165) is 0 Å². The van der Waals surface area contributed by atoms with Crippen LogP contribution in [0.1, 0.15) is 34.3 Å². The molecule has 1 saturated heterocycles. The molecule has 1 aromatic carbocycles. The molecule has 0 radical (unpaired) electrons. The van der Waals surface area contributed by atoms with E-state index in [9.17, 15) is 14.7 Å². The number of nitrogens with one attached hydrogen (secondary N) is 2. The molecule has 2 amide bonds. The van der Waals surface area contributed by atoms with Crippen molar-refractivity contribution in [2.45, 2.75) is 44.1 Å². The summed E-state index contributed by atoms with van der Waals surface area (Å²) in [6, 6.07) is 9.69. The van der Waals surface area contributed by atoms with Crippen LogP contribution < -0.4 is 15.4 Å². The van der Waals surface area contributed by atoms with Gasteiger partial charge >= 0.3 is 6.09 Å². The number of aliphatic hydroxyl groups is 1. The summed E-state index contributed by atoms with van der Waals surface area (Å²) in [6.45, 7) is 1.95. The van der Waals surface area contributed by atoms with Crippen molar-refractivity contribution in [1.29, 1.82) is 0 Å². The summed E-state index contributed by atoms with van der Waals surface area (Å²) in [4.78, 5) is 30.0. The van der Waals surface area contributed by atoms with Crippen LogP contribution in [0.4, 0.5) is 4.79 Å². The number of fused-ring (bicyclic) bond motifs is 1. The second-order valence-corrected chi connectivity index (χ2v) is 8.42. The van der Waals surface area contributed by atoms with Crippen molar-refractivity contribution >= 4 is 12.0 Å². The molecule has 4 rings (SSSR count). The van der Waals surface area contributed by atoms with E-state index in [1.165, 1.54) is 24.4 Å². The maximum atomic E-state index is 12.6. The lowest BCUT2D eigenvalue weighted by Crippen LogP contribution is -2.49. The fraction of sp³-hybridized carbons (Fsp3) is 0.458. The van der Waals surface area contributed by atoms with Crippen molar-refractivity contribution in [2.75, 3.05) is 26.7 Å². The van der Waals surface area contributed by atoms with Gasteiger partial charge in [0.1, 0.15) is 11.9 Å². The van der Waals surface area contributed by atoms with Gasteiger partial charge in [-0.2, -0.15) is 0 Å². The molecule has 0 saturated carbocycles. The summed E-state index contributed by atoms with van der Waals surface area (Å²) in [7, 11) is 1.37. The highest BCUT2D eigenvalue weighted by molar-refractivity contribution is 5.94. The maximum absolute atomic E-state index is 12.6. The van der Waals surface area contributed by atoms with Gasteiger partial charge in [0.05, 0.1) is 25.0 Å². The standard InChI is InChI=1S/C24H30N4O5/c1-32-24(31)28-8-6-19(7-9-28)33-20-10-18(12-25-14-20)23(30)27-15-22(29)21-11-16-4-2-3-5-17(16)13-26-21/h2-5,10,12,14,19,21-22,26,29H,6-9,11,13,15H2,1H3,(H,27,30)/t21-,22+/m0/s1. The topological polar surface area (TPSA) is 113 Å². The molecular formula is C24H30N4O5. The number of aliphatic hydroxyl groups excluding tert-OH is 1. The zero-order valence-corrected chi connectivity index (χ0v) is 18.7. The fourth-order valence-corrected chi connectivity index (χ4v) is 4.28. The molecule has 0 spiro atoms. The fourth-order valence-electron chi connectivity index (χ4n) is 4.28. The quantitative estimate of drug-likeness (QED) is 0.606. The van der Waals surface area contributed by atoms with Gasteiger partial charge in [0.15, 0.2) is 0 Å². The summed E-state index contributed by atoms with van der Waals surface area (Å²) in [5, 5.41) is 16.7. The molecule has 9 heteroatoms. The van der Waals surface area contributed by atoms with Gasteiger partial charge in [-0.15, -0.1) is 0 Å². The van der Waals surface area contributed by atoms with Crippen LogP contribution in [0.25, 0.3) is 0 Å². The number of nitrogens with zero attached hydrogens (tertiary/aromatic N) is 2. The van der Waals surface area contributed by atoms with E-state index in [4.69, 9.17) is 9.47 Å². The van der Waals surface area contributed by atoms with Crippen molar-refractivity contribution in [3.63, 3.8) is 0 Å². The van der Waals surface area contributed by atoms with E-state index in [-0.39, 0.29) is 30.7 Å². The first kappa shape index (κ1) is 23.0. The van der Waals surface area contributed by atoms with Gasteiger partial charge in [0.25, 0.3) is 5.91 Å². The number of carbonyl (C=O) groups excluding carboxylic acids is 2. The molecule has 0 bridgehead atoms. The molecule has 3 heterocycles. The number of carbonyl (C=O) groups is 2. The van der Waals surface area contributed by atoms with Crippen molar-refractivity contribution < 1.29 is 24.2 Å². The van der Waals surface area contributed by atoms with Crippen LogP contribution in [-0.4, -0.2) is 72.0 Å². The van der Waals surface area contributed by atoms with Crippen LogP contribution in [0, 0.1) is 0 Å². The van der Waals surface area contributed by atoms with Crippen LogP contribution in [0.5, 0.6) is 5.75 Å². The Morgan fingerprint density at radius 3 is 2.76 bits per heavy atom. The summed E-state index contributed by atoms with van der Waals surface area (Å²) in [6.07, 6.45) is 4.01. The summed E-state index contributed by atoms with van der Waals surface area (Å²) in [5.41, 5.74) is 2.83. The van der Waals surface area contributed by atoms with E-state index >= 15 is 0 Å². The Balaban J connectivity index is 1.26. The molecule has 2 aromatic rings. The van der Waals surface area contributed by atoms with Crippen molar-refractivity contribution in [3.8, 4) is 5.75 Å². The van der Waals surface area contributed by atoms with Crippen molar-refractivity contribution in [2.24, 2.45) is 0 Å². The number of ether oxygens (including phenoxy) is 2. The highest BCUT2D eigenvalue weighted by Crippen LogP contribution is 2.20. The van der Waals surface area contributed by atoms with E-state index < -0.39 is 6.10 Å². The van der Waals surface area contributed by atoms with Gasteiger partial charge in [-0.1, -0.05) is 24.3 Å². The molecule has 176 valence electrons. The second kappa shape index (κ2) is 10.6. The average Bonchev–Trinajstić information content (AvgIpc) is 2.87. The molecule has 3 N–H and O–H groups in total. The third kappa shape index (κ3) is 5.80. The number of likely N-dealkylation sites (tertiary alicyclic amines) is 1. The molecule has 33 heavy (non-hydrogen) atoms. The number of methoxy groups -OCH3 is 1. The molecule has 9 nitrogen and oxygen atoms in total. The predicted octanol–water partition coefficient (Wildman–Crippen LogP) is 1.50. The van der Waals surface area contributed by atoms with Crippen LogP contribution in [0.15, 0.2) is 42.7 Å². The molecule has 1 fully saturated rings. The Bertz CT molecular complexity index is 977. The number of hydrogen-bond acceptors (Lipinski definition) is 7. The van der Waals surface area contributed by atoms with Gasteiger partial charge in [-0.3, -0.25) is 9.78 Å². The molecule has 0 unspecified atom stereocenters. The van der Waals surface area contributed by atoms with Crippen molar-refractivity contribution in [3.05, 3.63) is 59.4 Å². The average molecular weight is 455 g/mol. The number of benzene rings is 1. The third-order valence-corrected chi connectivity index (χ3v) is 6.20. The van der Waals surface area contributed by atoms with E-state index in [1.54, 1.807) is 17.2 Å². The molecule has 2 aliphatic heterocycles. The van der Waals surface area contributed by atoms with Crippen LogP contribution in [-0.2, 0) is 17.7 Å². The maximum Gasteiger partial charge on any atom is 0.409 e. The van der Waals surface area contributed by atoms with Gasteiger partial charge < -0.3 is 30.1 Å². The third-order valence-electron chi connectivity index (χ3n) is 6.20. The SMILES string of the molecule is COC(=O)N1CCC(Oc2cncc(C(=O)NC[C@@H](O)[C@@H]3Cc4ccccc4CN3)c2)CC1. The summed E-state index contributed by atoms with van der Waals surface area (Å²) in [5.74, 6) is 0.189. The van der Waals surface area contributed by atoms with E-state index in [1.807, 2.05) is 12.1 Å². The molecule has 0 aliphatic carbocycles. The minimum Gasteiger partial charge on any atom is -0.489 e. The zero-order chi connectivity index (χ0) is 23.2. The van der Waals surface area contributed by atoms with Crippen molar-refractivity contribution in [1.82, 2.24) is 20.5 Å². The Hall–Kier alpha value is -3.17. The number of piperidine rings is 1. The number of aromatic nitrogens is 1. The highest BCUT2D eigenvalue weighted by atomic mass is 16.5. The lowest BCUT2D eigenvalue weighted by Gasteiger charge is -2.31. The molecular weight excluding hydrogens is 424 g/mol. The van der Waals surface area contributed by atoms with Gasteiger partial charge in [-0.25, -0.2) is 4.79 Å². The van der Waals surface area contributed by atoms with Gasteiger partial charge in [0, 0.05) is 51.3 Å². The minimum atomic E-state index is -0.713. The second-order valence-electron chi connectivity index (χ2n) is 8.42. The zero-order valence-electron chi connectivity index (χ0n) is 18.7. The smallest absolute Gasteiger partial charge is 0.409 e. The molecule has 2 aliphatic rings. The van der Waals surface area contributed by atoms with Crippen LogP contribution in [0.3, 0.4) is 0 Å². The lowest BCUT2D eigenvalue weighted by atomic mass is 9.93. The van der Waals surface area contributed by atoms with Crippen LogP contribution >= 0.6 is 0 Å². The predicted molar refractivity (Wildman–Crippen MR) is 121 cm³/mol. The van der Waals surface area contributed by atoms with Crippen LogP contribution in [0.2, 0.25) is 0 Å². The first-order chi connectivity index (χ1) is 16.0. The van der Waals surface area contributed by atoms with E-state index in [0.29, 0.717) is 50.2 Å². The minimum absolute atomic E-state index is 0.0620. The number of amides is 2. The van der Waals surface area contributed by atoms with Gasteiger partial charge in [-0.05, 0) is 23.6 Å². The molecule has 2 atom stereocenters. The summed E-state index contributed by atoms with van der Waals surface area (Å²) < 4.78 is 10.7. The molecule has 1 aromatic heterocycles. The number of hydrogen-bond donors (Lipinski definition) is 3. The first-order valence-corrected chi connectivity index (χ1v) is 11.2. The Kier molecular flexibility index (Phi) is 7.41. The Morgan fingerprint density at radius 1 is 1.24 bits per heavy atom. The normalized spacial score (nSPS) is 19.3. The lowest BCUT2D eigenvalue weighted by molar-refractivity contribution is 0.0784. The highest BCUT2D eigenvalue weighted by Gasteiger charge is 2.26.